The van der Waals surface area contributed by atoms with Crippen LogP contribution >= 0.6 is 0 Å². The Hall–Kier alpha value is -0.120. The molecule has 0 radical (unpaired) electrons. The lowest BCUT2D eigenvalue weighted by atomic mass is 10.1. The molecular formula is C8H18NO2+. The molecule has 0 amide bonds. The molecule has 0 bridgehead atoms. The molecule has 0 aromatic heterocycles. The van der Waals surface area contributed by atoms with Gasteiger partial charge in [0, 0.05) is 0 Å². The van der Waals surface area contributed by atoms with E-state index in [0.29, 0.717) is 0 Å². The highest BCUT2D eigenvalue weighted by atomic mass is 16.3. The van der Waals surface area contributed by atoms with E-state index < -0.39 is 6.10 Å². The second-order valence-electron chi connectivity index (χ2n) is 3.35. The predicted octanol–water partition coefficient (Wildman–Crippen LogP) is -1.59. The van der Waals surface area contributed by atoms with Gasteiger partial charge in [0.25, 0.3) is 0 Å². The summed E-state index contributed by atoms with van der Waals surface area (Å²) in [6.45, 7) is 2.95. The zero-order chi connectivity index (χ0) is 8.10. The highest BCUT2D eigenvalue weighted by Crippen LogP contribution is 1.94. The van der Waals surface area contributed by atoms with Crippen LogP contribution in [0.2, 0.25) is 0 Å². The third-order valence-electron chi connectivity index (χ3n) is 2.30. The van der Waals surface area contributed by atoms with Crippen molar-refractivity contribution in [3.8, 4) is 0 Å². The Labute approximate surface area is 67.6 Å². The van der Waals surface area contributed by atoms with Gasteiger partial charge in [-0.25, -0.2) is 0 Å². The predicted molar refractivity (Wildman–Crippen MR) is 42.5 cm³/mol. The van der Waals surface area contributed by atoms with Crippen molar-refractivity contribution in [2.45, 2.75) is 25.4 Å². The van der Waals surface area contributed by atoms with E-state index in [-0.39, 0.29) is 6.61 Å². The number of nitrogens with one attached hydrogen (secondary N) is 1. The quantitative estimate of drug-likeness (QED) is 0.466. The second kappa shape index (κ2) is 4.70. The summed E-state index contributed by atoms with van der Waals surface area (Å²) in [5.41, 5.74) is 0. The fourth-order valence-corrected chi connectivity index (χ4v) is 1.65. The first-order valence-electron chi connectivity index (χ1n) is 4.45. The van der Waals surface area contributed by atoms with Gasteiger partial charge in [-0.2, -0.15) is 0 Å². The van der Waals surface area contributed by atoms with Gasteiger partial charge in [-0.1, -0.05) is 0 Å². The van der Waals surface area contributed by atoms with Gasteiger partial charge in [-0.05, 0) is 19.3 Å². The van der Waals surface area contributed by atoms with Gasteiger partial charge >= 0.3 is 0 Å². The third-order valence-corrected chi connectivity index (χ3v) is 2.30. The van der Waals surface area contributed by atoms with Crippen molar-refractivity contribution in [1.82, 2.24) is 0 Å². The molecule has 1 fully saturated rings. The second-order valence-corrected chi connectivity index (χ2v) is 3.35. The maximum Gasteiger partial charge on any atom is 0.126 e. The largest absolute Gasteiger partial charge is 0.393 e. The number of piperidine rings is 1. The summed E-state index contributed by atoms with van der Waals surface area (Å²) in [7, 11) is 0. The lowest BCUT2D eigenvalue weighted by Crippen LogP contribution is -3.13. The summed E-state index contributed by atoms with van der Waals surface area (Å²) >= 11 is 0. The van der Waals surface area contributed by atoms with Crippen LogP contribution in [0.4, 0.5) is 0 Å². The molecule has 0 aromatic carbocycles. The van der Waals surface area contributed by atoms with Crippen molar-refractivity contribution >= 4 is 0 Å². The number of aliphatic hydroxyl groups is 2. The van der Waals surface area contributed by atoms with Crippen molar-refractivity contribution in [2.75, 3.05) is 26.2 Å². The zero-order valence-electron chi connectivity index (χ0n) is 6.92. The number of likely N-dealkylation sites (tertiary alicyclic amines) is 1. The van der Waals surface area contributed by atoms with Gasteiger partial charge in [0.2, 0.25) is 0 Å². The lowest BCUT2D eigenvalue weighted by Gasteiger charge is -2.24. The van der Waals surface area contributed by atoms with Crippen LogP contribution < -0.4 is 4.90 Å². The molecule has 3 nitrogen and oxygen atoms in total. The molecule has 1 atom stereocenters. The molecule has 1 aliphatic heterocycles. The van der Waals surface area contributed by atoms with Crippen LogP contribution in [0, 0.1) is 0 Å². The number of aliphatic hydroxyl groups excluding tert-OH is 2. The average Bonchev–Trinajstić information content (AvgIpc) is 2.06. The highest BCUT2D eigenvalue weighted by molar-refractivity contribution is 4.51. The molecule has 1 saturated heterocycles. The van der Waals surface area contributed by atoms with Crippen LogP contribution in [0.25, 0.3) is 0 Å². The van der Waals surface area contributed by atoms with Gasteiger partial charge in [-0.15, -0.1) is 0 Å². The molecule has 0 saturated carbocycles. The van der Waals surface area contributed by atoms with Gasteiger partial charge in [0.15, 0.2) is 0 Å². The standard InChI is InChI=1S/C8H17NO2/c10-7-8(11)6-9-4-2-1-3-5-9/h8,10-11H,1-7H2/p+1/t8-/m1/s1. The lowest BCUT2D eigenvalue weighted by molar-refractivity contribution is -0.908. The number of hydrogen-bond acceptors (Lipinski definition) is 2. The Kier molecular flexibility index (Phi) is 3.83. The Morgan fingerprint density at radius 3 is 2.36 bits per heavy atom. The van der Waals surface area contributed by atoms with Crippen molar-refractivity contribution in [3.63, 3.8) is 0 Å². The third kappa shape index (κ3) is 3.18. The van der Waals surface area contributed by atoms with E-state index in [2.05, 4.69) is 0 Å². The molecule has 1 rings (SSSR count). The van der Waals surface area contributed by atoms with E-state index in [4.69, 9.17) is 10.2 Å². The highest BCUT2D eigenvalue weighted by Gasteiger charge is 2.16. The van der Waals surface area contributed by atoms with Crippen LogP contribution in [0.1, 0.15) is 19.3 Å². The number of rotatable bonds is 3. The van der Waals surface area contributed by atoms with E-state index >= 15 is 0 Å². The summed E-state index contributed by atoms with van der Waals surface area (Å²) in [6, 6.07) is 0. The minimum absolute atomic E-state index is 0.0938. The van der Waals surface area contributed by atoms with Crippen molar-refractivity contribution in [2.24, 2.45) is 0 Å². The van der Waals surface area contributed by atoms with E-state index in [1.54, 1.807) is 0 Å². The van der Waals surface area contributed by atoms with Crippen molar-refractivity contribution in [3.05, 3.63) is 0 Å². The van der Waals surface area contributed by atoms with Crippen LogP contribution in [-0.2, 0) is 0 Å². The zero-order valence-corrected chi connectivity index (χ0v) is 6.92. The van der Waals surface area contributed by atoms with E-state index in [1.807, 2.05) is 0 Å². The first-order valence-corrected chi connectivity index (χ1v) is 4.45. The molecule has 11 heavy (non-hydrogen) atoms. The van der Waals surface area contributed by atoms with Crippen LogP contribution in [0.15, 0.2) is 0 Å². The molecule has 0 unspecified atom stereocenters. The Morgan fingerprint density at radius 1 is 1.18 bits per heavy atom. The Balaban J connectivity index is 2.13. The molecule has 1 heterocycles. The summed E-state index contributed by atoms with van der Waals surface area (Å²) in [6.07, 6.45) is 3.36. The first-order chi connectivity index (χ1) is 5.33. The van der Waals surface area contributed by atoms with E-state index in [0.717, 1.165) is 19.6 Å². The molecule has 0 aliphatic carbocycles. The molecule has 1 aliphatic rings. The fraction of sp³-hybridized carbons (Fsp3) is 1.00. The SMILES string of the molecule is OC[C@H](O)C[NH+]1CCCCC1. The normalized spacial score (nSPS) is 23.5. The summed E-state index contributed by atoms with van der Waals surface area (Å²) < 4.78 is 0. The minimum atomic E-state index is -0.511. The van der Waals surface area contributed by atoms with E-state index in [1.165, 1.54) is 24.2 Å². The average molecular weight is 160 g/mol. The molecule has 66 valence electrons. The van der Waals surface area contributed by atoms with Crippen LogP contribution in [0.3, 0.4) is 0 Å². The maximum absolute atomic E-state index is 9.14. The van der Waals surface area contributed by atoms with Crippen molar-refractivity contribution < 1.29 is 15.1 Å². The summed E-state index contributed by atoms with van der Waals surface area (Å²) in [5, 5.41) is 17.7. The summed E-state index contributed by atoms with van der Waals surface area (Å²) in [4.78, 5) is 1.44. The Morgan fingerprint density at radius 2 is 1.82 bits per heavy atom. The molecule has 0 spiro atoms. The topological polar surface area (TPSA) is 44.9 Å². The molecular weight excluding hydrogens is 142 g/mol. The monoisotopic (exact) mass is 160 g/mol. The molecule has 3 N–H and O–H groups in total. The fourth-order valence-electron chi connectivity index (χ4n) is 1.65. The first kappa shape index (κ1) is 8.97. The minimum Gasteiger partial charge on any atom is -0.393 e. The van der Waals surface area contributed by atoms with Crippen LogP contribution in [0.5, 0.6) is 0 Å². The number of quaternary nitrogens is 1. The Bertz CT molecular complexity index is 102. The van der Waals surface area contributed by atoms with Crippen LogP contribution in [-0.4, -0.2) is 42.6 Å². The van der Waals surface area contributed by atoms with Gasteiger partial charge in [0.05, 0.1) is 19.7 Å². The van der Waals surface area contributed by atoms with Gasteiger partial charge in [-0.3, -0.25) is 0 Å². The number of hydrogen-bond donors (Lipinski definition) is 3. The van der Waals surface area contributed by atoms with E-state index in [9.17, 15) is 0 Å². The van der Waals surface area contributed by atoms with Crippen molar-refractivity contribution in [1.29, 1.82) is 0 Å². The smallest absolute Gasteiger partial charge is 0.126 e. The maximum atomic E-state index is 9.14. The van der Waals surface area contributed by atoms with Gasteiger partial charge in [0.1, 0.15) is 12.6 Å². The summed E-state index contributed by atoms with van der Waals surface area (Å²) in [5.74, 6) is 0. The molecule has 0 aromatic rings. The molecule has 3 heteroatoms. The van der Waals surface area contributed by atoms with Gasteiger partial charge < -0.3 is 15.1 Å².